The summed E-state index contributed by atoms with van der Waals surface area (Å²) in [6.07, 6.45) is 20.0. The topological polar surface area (TPSA) is 69.6 Å². The molecular weight excluding hydrogens is 326 g/mol. The van der Waals surface area contributed by atoms with Crippen molar-refractivity contribution in [3.05, 3.63) is 0 Å². The van der Waals surface area contributed by atoms with Crippen LogP contribution in [-0.2, 0) is 4.79 Å². The molecule has 4 heteroatoms. The van der Waals surface area contributed by atoms with Gasteiger partial charge in [-0.25, -0.2) is 0 Å². The molecule has 0 aromatic heterocycles. The van der Waals surface area contributed by atoms with E-state index >= 15 is 0 Å². The van der Waals surface area contributed by atoms with E-state index < -0.39 is 0 Å². The highest BCUT2D eigenvalue weighted by Crippen LogP contribution is 2.16. The molecule has 0 aliphatic rings. The maximum atomic E-state index is 11.9. The van der Waals surface area contributed by atoms with Gasteiger partial charge in [-0.05, 0) is 12.8 Å². The summed E-state index contributed by atoms with van der Waals surface area (Å²) in [4.78, 5) is 11.9. The molecule has 0 heterocycles. The lowest BCUT2D eigenvalue weighted by Gasteiger charge is -2.15. The Morgan fingerprint density at radius 3 is 1.58 bits per heavy atom. The number of aliphatic hydroxyl groups is 2. The molecule has 0 bridgehead atoms. The van der Waals surface area contributed by atoms with Gasteiger partial charge < -0.3 is 15.5 Å². The lowest BCUT2D eigenvalue weighted by molar-refractivity contribution is -0.125. The van der Waals surface area contributed by atoms with Crippen molar-refractivity contribution >= 4 is 5.91 Å². The minimum absolute atomic E-state index is 0.0252. The Bertz CT molecular complexity index is 297. The molecule has 0 aromatic rings. The normalized spacial score (nSPS) is 12.3. The molecule has 0 aromatic carbocycles. The third-order valence-electron chi connectivity index (χ3n) is 5.17. The van der Waals surface area contributed by atoms with Gasteiger partial charge in [0.15, 0.2) is 0 Å². The van der Waals surface area contributed by atoms with E-state index in [1.807, 2.05) is 0 Å². The summed E-state index contributed by atoms with van der Waals surface area (Å²) < 4.78 is 0. The second kappa shape index (κ2) is 20.7. The number of unbranched alkanes of at least 4 members (excludes halogenated alkanes) is 13. The number of carbonyl (C=O) groups excluding carboxylic acids is 1. The first-order valence-corrected chi connectivity index (χ1v) is 11.3. The molecule has 0 radical (unpaired) electrons. The van der Waals surface area contributed by atoms with E-state index in [2.05, 4.69) is 12.2 Å². The predicted octanol–water partition coefficient (Wildman–Crippen LogP) is 4.96. The Kier molecular flexibility index (Phi) is 20.2. The summed E-state index contributed by atoms with van der Waals surface area (Å²) in [6.45, 7) is 2.59. The molecule has 0 spiro atoms. The van der Waals surface area contributed by atoms with Gasteiger partial charge >= 0.3 is 0 Å². The summed E-state index contributed by atoms with van der Waals surface area (Å²) in [6, 6.07) is 0. The average Bonchev–Trinajstić information content (AvgIpc) is 2.65. The Hall–Kier alpha value is -0.610. The highest BCUT2D eigenvalue weighted by molar-refractivity contribution is 5.78. The molecule has 0 rings (SSSR count). The summed E-state index contributed by atoms with van der Waals surface area (Å²) in [5, 5.41) is 20.6. The molecule has 0 aliphatic carbocycles. The van der Waals surface area contributed by atoms with Crippen molar-refractivity contribution in [2.75, 3.05) is 19.8 Å². The van der Waals surface area contributed by atoms with Crippen LogP contribution in [0, 0.1) is 5.92 Å². The van der Waals surface area contributed by atoms with Crippen molar-refractivity contribution in [3.8, 4) is 0 Å². The van der Waals surface area contributed by atoms with Gasteiger partial charge in [0.05, 0.1) is 6.61 Å². The first kappa shape index (κ1) is 25.4. The van der Waals surface area contributed by atoms with Crippen LogP contribution in [0.15, 0.2) is 0 Å². The quantitative estimate of drug-likeness (QED) is 0.265. The molecule has 0 saturated carbocycles. The Morgan fingerprint density at radius 1 is 0.692 bits per heavy atom. The van der Waals surface area contributed by atoms with Gasteiger partial charge in [0.25, 0.3) is 0 Å². The standard InChI is InChI=1S/C22H45NO3/c1-2-3-4-5-6-7-8-9-10-11-12-13-14-15-16-21(17-19-24)22(26)23-18-20-25/h21,24-25H,2-20H2,1H3,(H,23,26). The molecule has 1 atom stereocenters. The van der Waals surface area contributed by atoms with Crippen LogP contribution in [0.25, 0.3) is 0 Å². The lowest BCUT2D eigenvalue weighted by atomic mass is 9.96. The lowest BCUT2D eigenvalue weighted by Crippen LogP contribution is -2.33. The predicted molar refractivity (Wildman–Crippen MR) is 110 cm³/mol. The Labute approximate surface area is 162 Å². The Balaban J connectivity index is 3.41. The number of nitrogens with one attached hydrogen (secondary N) is 1. The van der Waals surface area contributed by atoms with E-state index in [0.717, 1.165) is 12.8 Å². The molecule has 0 aliphatic heterocycles. The molecule has 0 saturated heterocycles. The van der Waals surface area contributed by atoms with Crippen LogP contribution in [0.1, 0.15) is 110 Å². The molecule has 0 fully saturated rings. The maximum Gasteiger partial charge on any atom is 0.223 e. The number of aliphatic hydroxyl groups excluding tert-OH is 2. The van der Waals surface area contributed by atoms with Crippen molar-refractivity contribution in [2.45, 2.75) is 110 Å². The minimum Gasteiger partial charge on any atom is -0.396 e. The fourth-order valence-electron chi connectivity index (χ4n) is 3.47. The second-order valence-corrected chi connectivity index (χ2v) is 7.61. The van der Waals surface area contributed by atoms with Gasteiger partial charge in [-0.2, -0.15) is 0 Å². The van der Waals surface area contributed by atoms with Gasteiger partial charge in [0.1, 0.15) is 0 Å². The molecule has 1 amide bonds. The third kappa shape index (κ3) is 16.8. The number of amides is 1. The van der Waals surface area contributed by atoms with Crippen LogP contribution < -0.4 is 5.32 Å². The van der Waals surface area contributed by atoms with Crippen LogP contribution in [0.2, 0.25) is 0 Å². The third-order valence-corrected chi connectivity index (χ3v) is 5.17. The fourth-order valence-corrected chi connectivity index (χ4v) is 3.47. The van der Waals surface area contributed by atoms with Crippen molar-refractivity contribution in [2.24, 2.45) is 5.92 Å². The van der Waals surface area contributed by atoms with E-state index in [-0.39, 0.29) is 25.0 Å². The Morgan fingerprint density at radius 2 is 1.15 bits per heavy atom. The molecule has 156 valence electrons. The molecule has 26 heavy (non-hydrogen) atoms. The van der Waals surface area contributed by atoms with Crippen molar-refractivity contribution in [1.29, 1.82) is 0 Å². The van der Waals surface area contributed by atoms with Crippen LogP contribution in [0.4, 0.5) is 0 Å². The molecule has 3 N–H and O–H groups in total. The summed E-state index contributed by atoms with van der Waals surface area (Å²) in [7, 11) is 0. The fraction of sp³-hybridized carbons (Fsp3) is 0.955. The van der Waals surface area contributed by atoms with Crippen LogP contribution >= 0.6 is 0 Å². The van der Waals surface area contributed by atoms with Crippen LogP contribution in [-0.4, -0.2) is 35.9 Å². The van der Waals surface area contributed by atoms with E-state index in [0.29, 0.717) is 13.0 Å². The SMILES string of the molecule is CCCCCCCCCCCCCCCCC(CCO)C(=O)NCCO. The van der Waals surface area contributed by atoms with E-state index in [1.165, 1.54) is 83.5 Å². The zero-order valence-electron chi connectivity index (χ0n) is 17.3. The monoisotopic (exact) mass is 371 g/mol. The van der Waals surface area contributed by atoms with E-state index in [9.17, 15) is 4.79 Å². The molecular formula is C22H45NO3. The minimum atomic E-state index is -0.108. The number of rotatable bonds is 20. The summed E-state index contributed by atoms with van der Waals surface area (Å²) in [5.41, 5.74) is 0. The van der Waals surface area contributed by atoms with Crippen molar-refractivity contribution < 1.29 is 15.0 Å². The van der Waals surface area contributed by atoms with Gasteiger partial charge in [0.2, 0.25) is 5.91 Å². The van der Waals surface area contributed by atoms with Crippen LogP contribution in [0.3, 0.4) is 0 Å². The number of hydrogen-bond acceptors (Lipinski definition) is 3. The first-order valence-electron chi connectivity index (χ1n) is 11.3. The summed E-state index contributed by atoms with van der Waals surface area (Å²) in [5.74, 6) is -0.133. The number of carbonyl (C=O) groups is 1. The highest BCUT2D eigenvalue weighted by atomic mass is 16.3. The van der Waals surface area contributed by atoms with Gasteiger partial charge in [-0.1, -0.05) is 96.8 Å². The zero-order valence-corrected chi connectivity index (χ0v) is 17.3. The van der Waals surface area contributed by atoms with Gasteiger partial charge in [0, 0.05) is 19.1 Å². The smallest absolute Gasteiger partial charge is 0.223 e. The molecule has 4 nitrogen and oxygen atoms in total. The van der Waals surface area contributed by atoms with Gasteiger partial charge in [-0.3, -0.25) is 4.79 Å². The summed E-state index contributed by atoms with van der Waals surface area (Å²) >= 11 is 0. The first-order chi connectivity index (χ1) is 12.8. The van der Waals surface area contributed by atoms with Crippen LogP contribution in [0.5, 0.6) is 0 Å². The zero-order chi connectivity index (χ0) is 19.3. The van der Waals surface area contributed by atoms with E-state index in [4.69, 9.17) is 10.2 Å². The number of hydrogen-bond donors (Lipinski definition) is 3. The average molecular weight is 372 g/mol. The highest BCUT2D eigenvalue weighted by Gasteiger charge is 2.16. The largest absolute Gasteiger partial charge is 0.396 e. The second-order valence-electron chi connectivity index (χ2n) is 7.61. The molecule has 1 unspecified atom stereocenters. The van der Waals surface area contributed by atoms with Crippen molar-refractivity contribution in [3.63, 3.8) is 0 Å². The van der Waals surface area contributed by atoms with Crippen molar-refractivity contribution in [1.82, 2.24) is 5.32 Å². The van der Waals surface area contributed by atoms with E-state index in [1.54, 1.807) is 0 Å². The maximum absolute atomic E-state index is 11.9. The van der Waals surface area contributed by atoms with Gasteiger partial charge in [-0.15, -0.1) is 0 Å².